The molecule has 0 radical (unpaired) electrons. The molecule has 1 rings (SSSR count). The molecule has 1 fully saturated rings. The predicted octanol–water partition coefficient (Wildman–Crippen LogP) is 2.66. The first-order valence-electron chi connectivity index (χ1n) is 6.49. The minimum Gasteiger partial charge on any atom is -0.352 e. The van der Waals surface area contributed by atoms with E-state index in [-0.39, 0.29) is 5.78 Å². The summed E-state index contributed by atoms with van der Waals surface area (Å²) >= 11 is 0. The Labute approximate surface area is 105 Å². The number of ether oxygens (including phenoxy) is 1. The Kier molecular flexibility index (Phi) is 5.34. The normalized spacial score (nSPS) is 25.6. The van der Waals surface area contributed by atoms with Gasteiger partial charge >= 0.3 is 0 Å². The second-order valence-electron chi connectivity index (χ2n) is 5.33. The van der Waals surface area contributed by atoms with E-state index in [1.165, 1.54) is 5.57 Å². The summed E-state index contributed by atoms with van der Waals surface area (Å²) in [4.78, 5) is 11.7. The molecule has 0 aromatic carbocycles. The molecule has 2 unspecified atom stereocenters. The number of carbonyl (C=O) groups excluding carboxylic acids is 1. The molecule has 1 N–H and O–H groups in total. The summed E-state index contributed by atoms with van der Waals surface area (Å²) in [7, 11) is 0. The van der Waals surface area contributed by atoms with Crippen molar-refractivity contribution in [3.8, 4) is 0 Å². The molecule has 17 heavy (non-hydrogen) atoms. The fourth-order valence-electron chi connectivity index (χ4n) is 2.28. The van der Waals surface area contributed by atoms with E-state index in [1.807, 2.05) is 0 Å². The molecular weight excluding hydrogens is 214 g/mol. The Balaban J connectivity index is 2.45. The Bertz CT molecular complexity index is 287. The summed E-state index contributed by atoms with van der Waals surface area (Å²) in [5.74, 6) is 0.587. The molecule has 0 aromatic heterocycles. The maximum Gasteiger partial charge on any atom is 0.178 e. The second kappa shape index (κ2) is 6.31. The number of nitrogens with one attached hydrogen (secondary N) is 1. The Morgan fingerprint density at radius 2 is 2.18 bits per heavy atom. The van der Waals surface area contributed by atoms with Gasteiger partial charge in [-0.3, -0.25) is 10.1 Å². The lowest BCUT2D eigenvalue weighted by Crippen LogP contribution is -2.48. The number of Topliss-reactive ketones (excluding diaryl/α,β-unsaturated/α-hetero) is 1. The second-order valence-corrected chi connectivity index (χ2v) is 5.33. The van der Waals surface area contributed by atoms with Gasteiger partial charge in [-0.1, -0.05) is 18.6 Å². The summed E-state index contributed by atoms with van der Waals surface area (Å²) in [6, 6.07) is 0. The lowest BCUT2D eigenvalue weighted by molar-refractivity contribution is -0.141. The summed E-state index contributed by atoms with van der Waals surface area (Å²) in [6.07, 6.45) is 5.21. The first kappa shape index (κ1) is 14.4. The van der Waals surface area contributed by atoms with Crippen molar-refractivity contribution >= 4 is 5.78 Å². The molecule has 0 amide bonds. The molecule has 1 aliphatic rings. The van der Waals surface area contributed by atoms with Gasteiger partial charge in [0.1, 0.15) is 0 Å². The van der Waals surface area contributed by atoms with Gasteiger partial charge in [-0.15, -0.1) is 0 Å². The SMILES string of the molecule is CC(=O)C1(CC(C)CCC=C(C)C)NCCO1. The zero-order valence-corrected chi connectivity index (χ0v) is 11.5. The van der Waals surface area contributed by atoms with Gasteiger partial charge in [-0.25, -0.2) is 0 Å². The number of allylic oxidation sites excluding steroid dienone is 2. The number of rotatable bonds is 6. The van der Waals surface area contributed by atoms with Crippen LogP contribution in [0.25, 0.3) is 0 Å². The van der Waals surface area contributed by atoms with Gasteiger partial charge in [-0.2, -0.15) is 0 Å². The Morgan fingerprint density at radius 3 is 2.65 bits per heavy atom. The molecule has 2 atom stereocenters. The largest absolute Gasteiger partial charge is 0.352 e. The molecule has 3 nitrogen and oxygen atoms in total. The van der Waals surface area contributed by atoms with Crippen molar-refractivity contribution in [1.29, 1.82) is 0 Å². The van der Waals surface area contributed by atoms with E-state index < -0.39 is 5.72 Å². The van der Waals surface area contributed by atoms with Crippen LogP contribution in [0, 0.1) is 5.92 Å². The standard InChI is InChI=1S/C14H25NO2/c1-11(2)6-5-7-12(3)10-14(13(4)16)15-8-9-17-14/h6,12,15H,5,7-10H2,1-4H3. The van der Waals surface area contributed by atoms with Crippen molar-refractivity contribution in [3.05, 3.63) is 11.6 Å². The third-order valence-electron chi connectivity index (χ3n) is 3.28. The lowest BCUT2D eigenvalue weighted by atomic mass is 9.92. The van der Waals surface area contributed by atoms with Gasteiger partial charge in [0.05, 0.1) is 6.61 Å². The minimum atomic E-state index is -0.704. The molecule has 98 valence electrons. The molecule has 0 saturated carbocycles. The first-order valence-corrected chi connectivity index (χ1v) is 6.49. The van der Waals surface area contributed by atoms with Crippen LogP contribution in [-0.2, 0) is 9.53 Å². The van der Waals surface area contributed by atoms with Crippen LogP contribution in [-0.4, -0.2) is 24.7 Å². The van der Waals surface area contributed by atoms with Crippen LogP contribution in [0.15, 0.2) is 11.6 Å². The summed E-state index contributed by atoms with van der Waals surface area (Å²) in [5.41, 5.74) is 0.651. The topological polar surface area (TPSA) is 38.3 Å². The van der Waals surface area contributed by atoms with Crippen LogP contribution in [0.4, 0.5) is 0 Å². The average molecular weight is 239 g/mol. The highest BCUT2D eigenvalue weighted by Gasteiger charge is 2.40. The Hall–Kier alpha value is -0.670. The van der Waals surface area contributed by atoms with Crippen LogP contribution < -0.4 is 5.32 Å². The molecule has 3 heteroatoms. The van der Waals surface area contributed by atoms with Crippen molar-refractivity contribution in [2.45, 2.75) is 52.7 Å². The quantitative estimate of drug-likeness (QED) is 0.724. The van der Waals surface area contributed by atoms with Gasteiger partial charge in [0, 0.05) is 6.54 Å². The van der Waals surface area contributed by atoms with Crippen molar-refractivity contribution in [1.82, 2.24) is 5.32 Å². The molecular formula is C14H25NO2. The van der Waals surface area contributed by atoms with Gasteiger partial charge in [0.25, 0.3) is 0 Å². The average Bonchev–Trinajstić information content (AvgIpc) is 2.66. The highest BCUT2D eigenvalue weighted by atomic mass is 16.5. The summed E-state index contributed by atoms with van der Waals surface area (Å²) < 4.78 is 5.62. The molecule has 0 aromatic rings. The van der Waals surface area contributed by atoms with Gasteiger partial charge in [-0.05, 0) is 46.0 Å². The summed E-state index contributed by atoms with van der Waals surface area (Å²) in [6.45, 7) is 9.45. The predicted molar refractivity (Wildman–Crippen MR) is 69.8 cm³/mol. The smallest absolute Gasteiger partial charge is 0.178 e. The number of hydrogen-bond acceptors (Lipinski definition) is 3. The monoisotopic (exact) mass is 239 g/mol. The van der Waals surface area contributed by atoms with Crippen LogP contribution >= 0.6 is 0 Å². The van der Waals surface area contributed by atoms with E-state index in [4.69, 9.17) is 4.74 Å². The zero-order chi connectivity index (χ0) is 12.9. The fraction of sp³-hybridized carbons (Fsp3) is 0.786. The van der Waals surface area contributed by atoms with Gasteiger partial charge in [0.15, 0.2) is 11.5 Å². The number of carbonyl (C=O) groups is 1. The maximum atomic E-state index is 11.7. The first-order chi connectivity index (χ1) is 7.96. The van der Waals surface area contributed by atoms with Crippen LogP contribution in [0.5, 0.6) is 0 Å². The number of ketones is 1. The Morgan fingerprint density at radius 1 is 1.47 bits per heavy atom. The van der Waals surface area contributed by atoms with E-state index >= 15 is 0 Å². The van der Waals surface area contributed by atoms with Gasteiger partial charge < -0.3 is 4.74 Å². The number of hydrogen-bond donors (Lipinski definition) is 1. The van der Waals surface area contributed by atoms with Crippen molar-refractivity contribution in [3.63, 3.8) is 0 Å². The van der Waals surface area contributed by atoms with E-state index in [0.717, 1.165) is 25.8 Å². The summed E-state index contributed by atoms with van der Waals surface area (Å²) in [5, 5.41) is 3.21. The van der Waals surface area contributed by atoms with E-state index in [2.05, 4.69) is 32.2 Å². The van der Waals surface area contributed by atoms with Crippen LogP contribution in [0.3, 0.4) is 0 Å². The fourth-order valence-corrected chi connectivity index (χ4v) is 2.28. The lowest BCUT2D eigenvalue weighted by Gasteiger charge is -2.28. The molecule has 0 bridgehead atoms. The zero-order valence-electron chi connectivity index (χ0n) is 11.5. The van der Waals surface area contributed by atoms with Crippen molar-refractivity contribution in [2.24, 2.45) is 5.92 Å². The van der Waals surface area contributed by atoms with E-state index in [0.29, 0.717) is 12.5 Å². The molecule has 0 aliphatic carbocycles. The highest BCUT2D eigenvalue weighted by Crippen LogP contribution is 2.25. The molecule has 1 heterocycles. The minimum absolute atomic E-state index is 0.101. The molecule has 1 aliphatic heterocycles. The third-order valence-corrected chi connectivity index (χ3v) is 3.28. The third kappa shape index (κ3) is 4.25. The van der Waals surface area contributed by atoms with Crippen LogP contribution in [0.1, 0.15) is 47.0 Å². The molecule has 1 saturated heterocycles. The van der Waals surface area contributed by atoms with E-state index in [9.17, 15) is 4.79 Å². The maximum absolute atomic E-state index is 11.7. The van der Waals surface area contributed by atoms with E-state index in [1.54, 1.807) is 6.92 Å². The van der Waals surface area contributed by atoms with Crippen molar-refractivity contribution in [2.75, 3.05) is 13.2 Å². The van der Waals surface area contributed by atoms with Crippen LogP contribution in [0.2, 0.25) is 0 Å². The van der Waals surface area contributed by atoms with Gasteiger partial charge in [0.2, 0.25) is 0 Å². The molecule has 0 spiro atoms. The highest BCUT2D eigenvalue weighted by molar-refractivity contribution is 5.84. The van der Waals surface area contributed by atoms with Crippen molar-refractivity contribution < 1.29 is 9.53 Å².